The molecule has 0 spiro atoms. The van der Waals surface area contributed by atoms with Crippen LogP contribution in [0.25, 0.3) is 11.1 Å². The third kappa shape index (κ3) is 11.2. The van der Waals surface area contributed by atoms with Crippen molar-refractivity contribution >= 4 is 43.3 Å². The van der Waals surface area contributed by atoms with Crippen LogP contribution in [0.1, 0.15) is 70.1 Å². The molecule has 0 radical (unpaired) electrons. The Morgan fingerprint density at radius 2 is 1.58 bits per heavy atom. The number of anilines is 2. The second-order valence-corrected chi connectivity index (χ2v) is 20.1. The molecule has 0 bridgehead atoms. The number of carbonyl (C=O) groups is 2. The van der Waals surface area contributed by atoms with Gasteiger partial charge in [0.05, 0.1) is 12.6 Å². The average molecular weight is 715 g/mol. The van der Waals surface area contributed by atoms with Crippen molar-refractivity contribution in [2.75, 3.05) is 30.3 Å². The summed E-state index contributed by atoms with van der Waals surface area (Å²) in [7, 11) is -2.23. The van der Waals surface area contributed by atoms with Crippen LogP contribution in [-0.2, 0) is 9.16 Å². The minimum Gasteiger partial charge on any atom is -0.444 e. The van der Waals surface area contributed by atoms with E-state index in [0.29, 0.717) is 42.5 Å². The lowest BCUT2D eigenvalue weighted by Crippen LogP contribution is -2.46. The smallest absolute Gasteiger partial charge is 0.410 e. The molecule has 8 nitrogen and oxygen atoms in total. The largest absolute Gasteiger partial charge is 0.444 e. The van der Waals surface area contributed by atoms with Gasteiger partial charge in [-0.3, -0.25) is 9.78 Å². The summed E-state index contributed by atoms with van der Waals surface area (Å²) in [6, 6.07) is 28.6. The van der Waals surface area contributed by atoms with Crippen molar-refractivity contribution in [1.82, 2.24) is 9.88 Å². The van der Waals surface area contributed by atoms with Gasteiger partial charge in [-0.05, 0) is 98.9 Å². The molecule has 0 saturated carbocycles. The van der Waals surface area contributed by atoms with Crippen LogP contribution in [0.4, 0.5) is 16.2 Å². The first-order valence-corrected chi connectivity index (χ1v) is 20.4. The second-order valence-electron chi connectivity index (χ2n) is 14.9. The Kier molecular flexibility index (Phi) is 12.9. The van der Waals surface area contributed by atoms with E-state index in [1.54, 1.807) is 11.1 Å². The maximum absolute atomic E-state index is 13.6. The van der Waals surface area contributed by atoms with Crippen LogP contribution in [0.15, 0.2) is 97.2 Å². The van der Waals surface area contributed by atoms with Crippen LogP contribution in [-0.4, -0.2) is 55.4 Å². The Labute approximate surface area is 303 Å². The Morgan fingerprint density at radius 1 is 0.880 bits per heavy atom. The Hall–Kier alpha value is -4.18. The van der Waals surface area contributed by atoms with Gasteiger partial charge in [0, 0.05) is 41.2 Å². The number of rotatable bonds is 13. The quantitative estimate of drug-likeness (QED) is 0.106. The summed E-state index contributed by atoms with van der Waals surface area (Å²) < 4.78 is 12.8. The van der Waals surface area contributed by atoms with Gasteiger partial charge in [0.1, 0.15) is 11.3 Å². The SMILES string of the molecule is CC(C)(C)OC(=O)N(CCCNc1cccc(-c2cccnc2C(=O)Nc2ccccc2)c1)C[C@@H](O[Si](C)(C)C(C)(C)C)c1cccc(Cl)c1. The lowest BCUT2D eigenvalue weighted by atomic mass is 10.0. The predicted molar refractivity (Wildman–Crippen MR) is 207 cm³/mol. The van der Waals surface area contributed by atoms with E-state index in [9.17, 15) is 9.59 Å². The van der Waals surface area contributed by atoms with E-state index in [2.05, 4.69) is 49.5 Å². The van der Waals surface area contributed by atoms with Gasteiger partial charge in [-0.25, -0.2) is 4.79 Å². The van der Waals surface area contributed by atoms with Crippen LogP contribution >= 0.6 is 11.6 Å². The molecule has 1 aromatic heterocycles. The van der Waals surface area contributed by atoms with Crippen molar-refractivity contribution in [2.24, 2.45) is 0 Å². The van der Waals surface area contributed by atoms with Crippen molar-refractivity contribution in [3.8, 4) is 11.1 Å². The van der Waals surface area contributed by atoms with Gasteiger partial charge >= 0.3 is 6.09 Å². The second kappa shape index (κ2) is 16.7. The van der Waals surface area contributed by atoms with Crippen LogP contribution < -0.4 is 10.6 Å². The summed E-state index contributed by atoms with van der Waals surface area (Å²) in [6.07, 6.45) is 1.52. The molecule has 0 fully saturated rings. The summed E-state index contributed by atoms with van der Waals surface area (Å²) in [5.41, 5.74) is 3.81. The van der Waals surface area contributed by atoms with Gasteiger partial charge in [0.25, 0.3) is 5.91 Å². The zero-order valence-electron chi connectivity index (χ0n) is 30.5. The molecule has 0 aliphatic carbocycles. The molecule has 266 valence electrons. The highest BCUT2D eigenvalue weighted by atomic mass is 35.5. The Bertz CT molecular complexity index is 1740. The fourth-order valence-electron chi connectivity index (χ4n) is 5.06. The van der Waals surface area contributed by atoms with Gasteiger partial charge in [0.2, 0.25) is 0 Å². The highest BCUT2D eigenvalue weighted by Crippen LogP contribution is 2.40. The zero-order chi connectivity index (χ0) is 36.5. The highest BCUT2D eigenvalue weighted by Gasteiger charge is 2.40. The number of pyridine rings is 1. The Balaban J connectivity index is 1.48. The number of para-hydroxylation sites is 1. The number of halogens is 1. The molecule has 1 heterocycles. The highest BCUT2D eigenvalue weighted by molar-refractivity contribution is 6.74. The minimum atomic E-state index is -2.23. The maximum Gasteiger partial charge on any atom is 0.410 e. The summed E-state index contributed by atoms with van der Waals surface area (Å²) >= 11 is 6.42. The van der Waals surface area contributed by atoms with E-state index in [4.69, 9.17) is 20.8 Å². The first-order chi connectivity index (χ1) is 23.5. The van der Waals surface area contributed by atoms with Crippen LogP contribution in [0, 0.1) is 0 Å². The lowest BCUT2D eigenvalue weighted by Gasteiger charge is -2.40. The van der Waals surface area contributed by atoms with Gasteiger partial charge < -0.3 is 24.7 Å². The number of amides is 2. The van der Waals surface area contributed by atoms with Crippen molar-refractivity contribution in [3.05, 3.63) is 113 Å². The van der Waals surface area contributed by atoms with E-state index in [1.165, 1.54) is 0 Å². The number of nitrogens with one attached hydrogen (secondary N) is 2. The van der Waals surface area contributed by atoms with Crippen molar-refractivity contribution in [1.29, 1.82) is 0 Å². The number of benzene rings is 3. The molecule has 4 aromatic rings. The summed E-state index contributed by atoms with van der Waals surface area (Å²) in [5.74, 6) is -0.277. The minimum absolute atomic E-state index is 0.0265. The predicted octanol–water partition coefficient (Wildman–Crippen LogP) is 10.5. The molecule has 0 aliphatic rings. The molecule has 0 aliphatic heterocycles. The third-order valence-corrected chi connectivity index (χ3v) is 13.4. The monoisotopic (exact) mass is 714 g/mol. The normalized spacial score (nSPS) is 12.6. The number of nitrogens with zero attached hydrogens (tertiary/aromatic N) is 2. The maximum atomic E-state index is 13.6. The number of ether oxygens (including phenoxy) is 1. The fraction of sp³-hybridized carbons (Fsp3) is 0.375. The number of carbonyl (C=O) groups excluding carboxylic acids is 2. The standard InChI is InChI=1S/C40H51ClN4O4Si/c1-39(2,3)48-38(47)45(28-35(30-17-12-18-31(41)26-30)49-50(7,8)40(4,5)6)25-15-24-42-33-21-13-16-29(27-33)34-22-14-23-43-36(34)37(46)44-32-19-10-9-11-20-32/h9-14,16-23,26-27,35,42H,15,24-25,28H2,1-8H3,(H,44,46)/t35-/m1/s1. The van der Waals surface area contributed by atoms with E-state index < -0.39 is 13.9 Å². The zero-order valence-corrected chi connectivity index (χ0v) is 32.3. The number of aromatic nitrogens is 1. The summed E-state index contributed by atoms with van der Waals surface area (Å²) in [6.45, 7) is 18.0. The Morgan fingerprint density at radius 3 is 2.26 bits per heavy atom. The lowest BCUT2D eigenvalue weighted by molar-refractivity contribution is 0.0155. The molecule has 0 saturated heterocycles. The van der Waals surface area contributed by atoms with Crippen LogP contribution in [0.5, 0.6) is 0 Å². The summed E-state index contributed by atoms with van der Waals surface area (Å²) in [4.78, 5) is 32.9. The average Bonchev–Trinajstić information content (AvgIpc) is 3.05. The van der Waals surface area contributed by atoms with Gasteiger partial charge in [-0.1, -0.05) is 80.9 Å². The van der Waals surface area contributed by atoms with Crippen LogP contribution in [0.3, 0.4) is 0 Å². The molecule has 3 aromatic carbocycles. The molecule has 2 amide bonds. The molecule has 10 heteroatoms. The topological polar surface area (TPSA) is 92.8 Å². The molecule has 0 unspecified atom stereocenters. The molecular weight excluding hydrogens is 664 g/mol. The third-order valence-electron chi connectivity index (χ3n) is 8.66. The van der Waals surface area contributed by atoms with Gasteiger partial charge in [0.15, 0.2) is 8.32 Å². The van der Waals surface area contributed by atoms with Gasteiger partial charge in [-0.2, -0.15) is 0 Å². The molecule has 50 heavy (non-hydrogen) atoms. The van der Waals surface area contributed by atoms with E-state index in [-0.39, 0.29) is 23.1 Å². The van der Waals surface area contributed by atoms with Crippen molar-refractivity contribution in [2.45, 2.75) is 77.8 Å². The number of hydrogen-bond acceptors (Lipinski definition) is 6. The van der Waals surface area contributed by atoms with Crippen LogP contribution in [0.2, 0.25) is 23.2 Å². The number of hydrogen-bond donors (Lipinski definition) is 2. The van der Waals surface area contributed by atoms with E-state index >= 15 is 0 Å². The first-order valence-electron chi connectivity index (χ1n) is 17.1. The fourth-order valence-corrected chi connectivity index (χ4v) is 6.54. The molecule has 4 rings (SSSR count). The first kappa shape index (κ1) is 38.6. The van der Waals surface area contributed by atoms with Crippen molar-refractivity contribution < 1.29 is 18.8 Å². The molecule has 2 N–H and O–H groups in total. The van der Waals surface area contributed by atoms with E-state index in [0.717, 1.165) is 22.4 Å². The molecular formula is C40H51ClN4O4Si. The van der Waals surface area contributed by atoms with Gasteiger partial charge in [-0.15, -0.1) is 0 Å². The van der Waals surface area contributed by atoms with Crippen molar-refractivity contribution in [3.63, 3.8) is 0 Å². The van der Waals surface area contributed by atoms with E-state index in [1.807, 2.05) is 112 Å². The summed E-state index contributed by atoms with van der Waals surface area (Å²) in [5, 5.41) is 7.02. The molecule has 1 atom stereocenters.